The lowest BCUT2D eigenvalue weighted by molar-refractivity contribution is 0.182. The van der Waals surface area contributed by atoms with Gasteiger partial charge in [0.25, 0.3) is 0 Å². The molecule has 4 heteroatoms. The first-order valence-electron chi connectivity index (χ1n) is 5.37. The smallest absolute Gasteiger partial charge is 0.141 e. The monoisotopic (exact) mass is 245 g/mol. The van der Waals surface area contributed by atoms with Crippen molar-refractivity contribution in [3.63, 3.8) is 0 Å². The highest BCUT2D eigenvalue weighted by Gasteiger charge is 2.07. The highest BCUT2D eigenvalue weighted by molar-refractivity contribution is 6.30. The van der Waals surface area contributed by atoms with Gasteiger partial charge in [-0.15, -0.1) is 0 Å². The molecule has 0 bridgehead atoms. The summed E-state index contributed by atoms with van der Waals surface area (Å²) in [5.41, 5.74) is 0.942. The molecule has 2 unspecified atom stereocenters. The molecule has 0 aliphatic heterocycles. The molecular weight excluding hydrogens is 229 g/mol. The molecule has 2 nitrogen and oxygen atoms in total. The summed E-state index contributed by atoms with van der Waals surface area (Å²) < 4.78 is 12.9. The Morgan fingerprint density at radius 3 is 2.69 bits per heavy atom. The van der Waals surface area contributed by atoms with Gasteiger partial charge < -0.3 is 10.4 Å². The quantitative estimate of drug-likeness (QED) is 0.836. The van der Waals surface area contributed by atoms with Gasteiger partial charge >= 0.3 is 0 Å². The molecule has 0 aliphatic carbocycles. The van der Waals surface area contributed by atoms with Crippen LogP contribution in [-0.4, -0.2) is 17.8 Å². The Hall–Kier alpha value is -0.640. The number of halogens is 2. The standard InChI is InChI=1S/C12H17ClFNO/c1-8(16)5-6-15-9(2)10-3-4-12(14)11(13)7-10/h3-4,7-9,15-16H,5-6H2,1-2H3. The molecule has 1 aromatic carbocycles. The van der Waals surface area contributed by atoms with Crippen LogP contribution in [0, 0.1) is 5.82 Å². The van der Waals surface area contributed by atoms with Gasteiger partial charge in [0.2, 0.25) is 0 Å². The van der Waals surface area contributed by atoms with Crippen LogP contribution in [0.2, 0.25) is 5.02 Å². The van der Waals surface area contributed by atoms with Gasteiger partial charge in [-0.1, -0.05) is 17.7 Å². The molecule has 0 saturated heterocycles. The first-order chi connectivity index (χ1) is 7.50. The Labute approximate surface area is 100 Å². The molecule has 2 atom stereocenters. The van der Waals surface area contributed by atoms with Gasteiger partial charge in [0.05, 0.1) is 11.1 Å². The van der Waals surface area contributed by atoms with Crippen LogP contribution in [0.3, 0.4) is 0 Å². The normalized spacial score (nSPS) is 14.8. The van der Waals surface area contributed by atoms with Crippen LogP contribution < -0.4 is 5.32 Å². The fourth-order valence-electron chi connectivity index (χ4n) is 1.41. The SMILES string of the molecule is CC(O)CCNC(C)c1ccc(F)c(Cl)c1. The zero-order valence-electron chi connectivity index (χ0n) is 9.50. The van der Waals surface area contributed by atoms with Gasteiger partial charge in [-0.3, -0.25) is 0 Å². The fourth-order valence-corrected chi connectivity index (χ4v) is 1.60. The van der Waals surface area contributed by atoms with Crippen molar-refractivity contribution in [2.75, 3.05) is 6.54 Å². The van der Waals surface area contributed by atoms with E-state index in [-0.39, 0.29) is 17.2 Å². The van der Waals surface area contributed by atoms with E-state index in [0.717, 1.165) is 5.56 Å². The number of nitrogens with one attached hydrogen (secondary N) is 1. The molecule has 0 aliphatic rings. The third-order valence-corrected chi connectivity index (χ3v) is 2.75. The van der Waals surface area contributed by atoms with E-state index in [9.17, 15) is 4.39 Å². The summed E-state index contributed by atoms with van der Waals surface area (Å²) in [7, 11) is 0. The average Bonchev–Trinajstić information content (AvgIpc) is 2.21. The van der Waals surface area contributed by atoms with E-state index in [2.05, 4.69) is 5.32 Å². The lowest BCUT2D eigenvalue weighted by Gasteiger charge is -2.15. The van der Waals surface area contributed by atoms with Gasteiger partial charge in [-0.2, -0.15) is 0 Å². The predicted octanol–water partition coefficient (Wildman–Crippen LogP) is 2.90. The maximum absolute atomic E-state index is 12.9. The van der Waals surface area contributed by atoms with Gasteiger partial charge in [-0.25, -0.2) is 4.39 Å². The highest BCUT2D eigenvalue weighted by atomic mass is 35.5. The maximum Gasteiger partial charge on any atom is 0.141 e. The molecule has 0 radical (unpaired) electrons. The number of rotatable bonds is 5. The molecule has 0 spiro atoms. The van der Waals surface area contributed by atoms with E-state index >= 15 is 0 Å². The molecule has 16 heavy (non-hydrogen) atoms. The second kappa shape index (κ2) is 6.18. The Balaban J connectivity index is 2.52. The first-order valence-corrected chi connectivity index (χ1v) is 5.75. The van der Waals surface area contributed by atoms with Crippen LogP contribution in [0.5, 0.6) is 0 Å². The van der Waals surface area contributed by atoms with E-state index in [1.165, 1.54) is 6.07 Å². The van der Waals surface area contributed by atoms with Crippen LogP contribution in [-0.2, 0) is 0 Å². The molecule has 1 aromatic rings. The molecule has 90 valence electrons. The van der Waals surface area contributed by atoms with Crippen LogP contribution in [0.25, 0.3) is 0 Å². The summed E-state index contributed by atoms with van der Waals surface area (Å²) in [6.45, 7) is 4.44. The predicted molar refractivity (Wildman–Crippen MR) is 64.1 cm³/mol. The molecule has 0 saturated carbocycles. The molecule has 1 rings (SSSR count). The van der Waals surface area contributed by atoms with Crippen LogP contribution >= 0.6 is 11.6 Å². The van der Waals surface area contributed by atoms with Crippen molar-refractivity contribution in [1.29, 1.82) is 0 Å². The minimum absolute atomic E-state index is 0.0943. The van der Waals surface area contributed by atoms with Gasteiger partial charge in [0.15, 0.2) is 0 Å². The maximum atomic E-state index is 12.9. The molecule has 0 heterocycles. The number of hydrogen-bond donors (Lipinski definition) is 2. The topological polar surface area (TPSA) is 32.3 Å². The summed E-state index contributed by atoms with van der Waals surface area (Å²) >= 11 is 5.70. The molecule has 2 N–H and O–H groups in total. The average molecular weight is 246 g/mol. The van der Waals surface area contributed by atoms with Gasteiger partial charge in [-0.05, 0) is 44.5 Å². The van der Waals surface area contributed by atoms with E-state index in [1.54, 1.807) is 19.1 Å². The van der Waals surface area contributed by atoms with Crippen LogP contribution in [0.1, 0.15) is 31.9 Å². The summed E-state index contributed by atoms with van der Waals surface area (Å²) in [6.07, 6.45) is 0.385. The van der Waals surface area contributed by atoms with E-state index < -0.39 is 5.82 Å². The van der Waals surface area contributed by atoms with Crippen molar-refractivity contribution in [1.82, 2.24) is 5.32 Å². The zero-order chi connectivity index (χ0) is 12.1. The second-order valence-corrected chi connectivity index (χ2v) is 4.39. The minimum atomic E-state index is -0.401. The molecular formula is C12H17ClFNO. The molecule has 0 aromatic heterocycles. The van der Waals surface area contributed by atoms with Gasteiger partial charge in [0.1, 0.15) is 5.82 Å². The van der Waals surface area contributed by atoms with Crippen molar-refractivity contribution in [3.8, 4) is 0 Å². The summed E-state index contributed by atoms with van der Waals surface area (Å²) in [5, 5.41) is 12.5. The Kier molecular flexibility index (Phi) is 5.19. The minimum Gasteiger partial charge on any atom is -0.393 e. The second-order valence-electron chi connectivity index (χ2n) is 3.99. The van der Waals surface area contributed by atoms with Crippen molar-refractivity contribution in [3.05, 3.63) is 34.6 Å². The highest BCUT2D eigenvalue weighted by Crippen LogP contribution is 2.20. The van der Waals surface area contributed by atoms with E-state index in [1.807, 2.05) is 6.92 Å². The summed E-state index contributed by atoms with van der Waals surface area (Å²) in [4.78, 5) is 0. The van der Waals surface area contributed by atoms with Crippen molar-refractivity contribution < 1.29 is 9.50 Å². The summed E-state index contributed by atoms with van der Waals surface area (Å²) in [6, 6.07) is 4.79. The molecule has 0 amide bonds. The lowest BCUT2D eigenvalue weighted by atomic mass is 10.1. The number of hydrogen-bond acceptors (Lipinski definition) is 2. The number of benzene rings is 1. The fraction of sp³-hybridized carbons (Fsp3) is 0.500. The Morgan fingerprint density at radius 1 is 1.44 bits per heavy atom. The van der Waals surface area contributed by atoms with Crippen LogP contribution in [0.15, 0.2) is 18.2 Å². The number of aliphatic hydroxyl groups is 1. The van der Waals surface area contributed by atoms with Crippen molar-refractivity contribution in [2.45, 2.75) is 32.4 Å². The van der Waals surface area contributed by atoms with Crippen molar-refractivity contribution in [2.24, 2.45) is 0 Å². The van der Waals surface area contributed by atoms with Gasteiger partial charge in [0, 0.05) is 6.04 Å². The molecule has 0 fully saturated rings. The largest absolute Gasteiger partial charge is 0.393 e. The number of aliphatic hydroxyl groups excluding tert-OH is 1. The third-order valence-electron chi connectivity index (χ3n) is 2.46. The Morgan fingerprint density at radius 2 is 2.12 bits per heavy atom. The Bertz CT molecular complexity index is 344. The van der Waals surface area contributed by atoms with Crippen molar-refractivity contribution >= 4 is 11.6 Å². The summed E-state index contributed by atoms with van der Waals surface area (Å²) in [5.74, 6) is -0.401. The van der Waals surface area contributed by atoms with Crippen LogP contribution in [0.4, 0.5) is 4.39 Å². The van der Waals surface area contributed by atoms with E-state index in [4.69, 9.17) is 16.7 Å². The first kappa shape index (κ1) is 13.4. The lowest BCUT2D eigenvalue weighted by Crippen LogP contribution is -2.22. The third kappa shape index (κ3) is 4.08. The zero-order valence-corrected chi connectivity index (χ0v) is 10.3. The van der Waals surface area contributed by atoms with E-state index in [0.29, 0.717) is 13.0 Å².